The van der Waals surface area contributed by atoms with E-state index in [1.807, 2.05) is 0 Å². The molecule has 1 aliphatic carbocycles. The predicted octanol–water partition coefficient (Wildman–Crippen LogP) is -1.92. The first kappa shape index (κ1) is 18.7. The van der Waals surface area contributed by atoms with Crippen molar-refractivity contribution in [2.45, 2.75) is 68.6 Å². The molecule has 4 saturated heterocycles. The number of nitrogens with one attached hydrogen (secondary N) is 6. The van der Waals surface area contributed by atoms with Gasteiger partial charge in [-0.3, -0.25) is 31.7 Å². The summed E-state index contributed by atoms with van der Waals surface area (Å²) in [6.07, 6.45) is 6.96. The molecule has 27 heavy (non-hydrogen) atoms. The lowest BCUT2D eigenvalue weighted by Crippen LogP contribution is -2.72. The van der Waals surface area contributed by atoms with Gasteiger partial charge in [-0.05, 0) is 32.1 Å². The number of morpholine rings is 1. The first-order chi connectivity index (χ1) is 13.4. The van der Waals surface area contributed by atoms with Crippen LogP contribution in [0.25, 0.3) is 0 Å². The van der Waals surface area contributed by atoms with Crippen molar-refractivity contribution >= 4 is 0 Å². The highest BCUT2D eigenvalue weighted by atomic mass is 16.5. The third-order valence-corrected chi connectivity index (χ3v) is 7.10. The van der Waals surface area contributed by atoms with Crippen LogP contribution in [0.4, 0.5) is 0 Å². The van der Waals surface area contributed by atoms with Gasteiger partial charge in [-0.2, -0.15) is 0 Å². The molecule has 5 aliphatic rings. The second-order valence-corrected chi connectivity index (χ2v) is 8.63. The monoisotopic (exact) mass is 380 g/mol. The van der Waals surface area contributed by atoms with E-state index in [1.54, 1.807) is 0 Å². The molecule has 0 aromatic rings. The van der Waals surface area contributed by atoms with Gasteiger partial charge in [-0.1, -0.05) is 0 Å². The molecule has 5 fully saturated rings. The molecule has 0 radical (unpaired) electrons. The van der Waals surface area contributed by atoms with E-state index in [4.69, 9.17) is 4.74 Å². The van der Waals surface area contributed by atoms with Gasteiger partial charge < -0.3 is 4.74 Å². The number of hydrazine groups is 2. The van der Waals surface area contributed by atoms with E-state index in [9.17, 15) is 0 Å². The van der Waals surface area contributed by atoms with Gasteiger partial charge in [0.05, 0.1) is 32.1 Å². The molecule has 0 aromatic carbocycles. The summed E-state index contributed by atoms with van der Waals surface area (Å²) >= 11 is 0. The van der Waals surface area contributed by atoms with Crippen LogP contribution in [0.5, 0.6) is 0 Å². The minimum Gasteiger partial charge on any atom is -0.379 e. The summed E-state index contributed by atoms with van der Waals surface area (Å²) < 4.78 is 5.51. The van der Waals surface area contributed by atoms with Crippen LogP contribution >= 0.6 is 0 Å². The Balaban J connectivity index is 1.13. The van der Waals surface area contributed by atoms with Crippen molar-refractivity contribution < 1.29 is 4.74 Å². The van der Waals surface area contributed by atoms with E-state index in [2.05, 4.69) is 42.1 Å². The maximum Gasteiger partial charge on any atom is 0.104 e. The van der Waals surface area contributed by atoms with Crippen LogP contribution in [0.3, 0.4) is 0 Å². The number of nitrogens with zero attached hydrogens (tertiary/aromatic N) is 2. The third kappa shape index (κ3) is 4.03. The van der Waals surface area contributed by atoms with Gasteiger partial charge in [-0.25, -0.2) is 10.4 Å². The van der Waals surface area contributed by atoms with Gasteiger partial charge in [0.25, 0.3) is 0 Å². The minimum absolute atomic E-state index is 0.301. The van der Waals surface area contributed by atoms with Crippen molar-refractivity contribution in [1.82, 2.24) is 42.1 Å². The van der Waals surface area contributed by atoms with Gasteiger partial charge in [0, 0.05) is 44.3 Å². The van der Waals surface area contributed by atoms with E-state index in [-0.39, 0.29) is 0 Å². The lowest BCUT2D eigenvalue weighted by atomic mass is 9.89. The quantitative estimate of drug-likeness (QED) is 0.334. The zero-order valence-corrected chi connectivity index (χ0v) is 16.3. The number of rotatable bonds is 4. The van der Waals surface area contributed by atoms with Crippen molar-refractivity contribution in [1.29, 1.82) is 0 Å². The second-order valence-electron chi connectivity index (χ2n) is 8.63. The van der Waals surface area contributed by atoms with Crippen molar-refractivity contribution in [2.75, 3.05) is 46.1 Å². The van der Waals surface area contributed by atoms with Crippen molar-refractivity contribution in [2.24, 2.45) is 0 Å². The van der Waals surface area contributed by atoms with Gasteiger partial charge in [0.2, 0.25) is 0 Å². The average Bonchev–Trinajstić information content (AvgIpc) is 3.42. The Morgan fingerprint density at radius 1 is 0.963 bits per heavy atom. The zero-order valence-electron chi connectivity index (χ0n) is 16.3. The lowest BCUT2D eigenvalue weighted by Gasteiger charge is -2.46. The maximum atomic E-state index is 5.51. The molecule has 4 aliphatic heterocycles. The van der Waals surface area contributed by atoms with Gasteiger partial charge in [0.15, 0.2) is 0 Å². The fraction of sp³-hybridized carbons (Fsp3) is 1.00. The molecule has 0 amide bonds. The molecule has 9 nitrogen and oxygen atoms in total. The fourth-order valence-electron chi connectivity index (χ4n) is 5.58. The SMILES string of the molecule is C1CC(C2CNC(NC3CCC(N4CCOCC4)CC3)C3NCNN23)NN1. The van der Waals surface area contributed by atoms with Crippen molar-refractivity contribution in [3.05, 3.63) is 0 Å². The molecule has 0 aromatic heterocycles. The Morgan fingerprint density at radius 3 is 2.59 bits per heavy atom. The van der Waals surface area contributed by atoms with E-state index < -0.39 is 0 Å². The average molecular weight is 381 g/mol. The van der Waals surface area contributed by atoms with Gasteiger partial charge in [-0.15, -0.1) is 0 Å². The lowest BCUT2D eigenvalue weighted by molar-refractivity contribution is 0.000811. The standard InChI is InChI=1S/C18H36N8O/c1-3-14(25-7-9-27-10-8-25)4-2-13(1)23-17-18-20-12-22-26(18)16(11-19-17)15-5-6-21-24-15/h13-24H,1-12H2. The Bertz CT molecular complexity index is 476. The Kier molecular flexibility index (Phi) is 5.92. The molecule has 154 valence electrons. The Labute approximate surface area is 162 Å². The first-order valence-electron chi connectivity index (χ1n) is 10.9. The summed E-state index contributed by atoms with van der Waals surface area (Å²) in [7, 11) is 0. The number of fused-ring (bicyclic) bond motifs is 1. The summed E-state index contributed by atoms with van der Waals surface area (Å²) in [4.78, 5) is 2.65. The molecule has 9 heteroatoms. The summed E-state index contributed by atoms with van der Waals surface area (Å²) in [6.45, 7) is 6.97. The van der Waals surface area contributed by atoms with Crippen LogP contribution in [0, 0.1) is 0 Å². The molecule has 0 spiro atoms. The molecular formula is C18H36N8O. The van der Waals surface area contributed by atoms with Crippen LogP contribution in [-0.2, 0) is 4.74 Å². The third-order valence-electron chi connectivity index (χ3n) is 7.10. The molecule has 4 unspecified atom stereocenters. The molecule has 6 N–H and O–H groups in total. The molecular weight excluding hydrogens is 344 g/mol. The van der Waals surface area contributed by atoms with Crippen LogP contribution in [0.15, 0.2) is 0 Å². The van der Waals surface area contributed by atoms with E-state index in [0.29, 0.717) is 30.5 Å². The number of hydrogen-bond acceptors (Lipinski definition) is 9. The fourth-order valence-corrected chi connectivity index (χ4v) is 5.58. The Morgan fingerprint density at radius 2 is 1.81 bits per heavy atom. The van der Waals surface area contributed by atoms with E-state index in [1.165, 1.54) is 32.1 Å². The molecule has 1 saturated carbocycles. The number of hydrogen-bond donors (Lipinski definition) is 6. The summed E-state index contributed by atoms with van der Waals surface area (Å²) in [5.74, 6) is 0. The highest BCUT2D eigenvalue weighted by Crippen LogP contribution is 2.25. The van der Waals surface area contributed by atoms with Crippen LogP contribution < -0.4 is 32.2 Å². The van der Waals surface area contributed by atoms with E-state index in [0.717, 1.165) is 52.1 Å². The molecule has 5 rings (SSSR count). The second kappa shape index (κ2) is 8.56. The minimum atomic E-state index is 0.301. The first-order valence-corrected chi connectivity index (χ1v) is 10.9. The molecule has 0 bridgehead atoms. The normalized spacial score (nSPS) is 44.4. The Hall–Kier alpha value is -0.360. The van der Waals surface area contributed by atoms with Crippen molar-refractivity contribution in [3.8, 4) is 0 Å². The van der Waals surface area contributed by atoms with Crippen LogP contribution in [0.1, 0.15) is 32.1 Å². The summed E-state index contributed by atoms with van der Waals surface area (Å²) in [5, 5.41) is 13.8. The van der Waals surface area contributed by atoms with Crippen LogP contribution in [-0.4, -0.2) is 92.5 Å². The van der Waals surface area contributed by atoms with Crippen molar-refractivity contribution in [3.63, 3.8) is 0 Å². The largest absolute Gasteiger partial charge is 0.379 e. The predicted molar refractivity (Wildman–Crippen MR) is 103 cm³/mol. The highest BCUT2D eigenvalue weighted by molar-refractivity contribution is 4.99. The van der Waals surface area contributed by atoms with Gasteiger partial charge in [0.1, 0.15) is 6.17 Å². The maximum absolute atomic E-state index is 5.51. The van der Waals surface area contributed by atoms with Crippen LogP contribution in [0.2, 0.25) is 0 Å². The number of ether oxygens (including phenoxy) is 1. The number of piperazine rings is 1. The molecule has 4 atom stereocenters. The summed E-state index contributed by atoms with van der Waals surface area (Å²) in [6, 6.07) is 2.35. The molecule has 4 heterocycles. The van der Waals surface area contributed by atoms with Gasteiger partial charge >= 0.3 is 0 Å². The topological polar surface area (TPSA) is 87.9 Å². The summed E-state index contributed by atoms with van der Waals surface area (Å²) in [5.41, 5.74) is 10.3. The van der Waals surface area contributed by atoms with E-state index >= 15 is 0 Å². The highest BCUT2D eigenvalue weighted by Gasteiger charge is 2.44. The smallest absolute Gasteiger partial charge is 0.104 e. The zero-order chi connectivity index (χ0) is 18.1.